The van der Waals surface area contributed by atoms with Crippen LogP contribution in [0.15, 0.2) is 58.4 Å². The fourth-order valence-electron chi connectivity index (χ4n) is 4.45. The van der Waals surface area contributed by atoms with Crippen LogP contribution in [0.3, 0.4) is 0 Å². The Kier molecular flexibility index (Phi) is 6.00. The van der Waals surface area contributed by atoms with E-state index < -0.39 is 15.8 Å². The predicted molar refractivity (Wildman–Crippen MR) is 131 cm³/mol. The third kappa shape index (κ3) is 4.50. The summed E-state index contributed by atoms with van der Waals surface area (Å²) in [6, 6.07) is 11.0. The maximum absolute atomic E-state index is 15.0. The lowest BCUT2D eigenvalue weighted by atomic mass is 10.1. The van der Waals surface area contributed by atoms with E-state index in [9.17, 15) is 12.8 Å². The van der Waals surface area contributed by atoms with Crippen LogP contribution >= 0.6 is 11.3 Å². The maximum Gasteiger partial charge on any atom is 0.266 e. The van der Waals surface area contributed by atoms with E-state index in [1.54, 1.807) is 12.3 Å². The number of thiazole rings is 1. The molecule has 1 saturated heterocycles. The number of rotatable bonds is 7. The number of fused-ring (bicyclic) bond motifs is 1. The summed E-state index contributed by atoms with van der Waals surface area (Å²) in [6.07, 6.45) is 2.86. The smallest absolute Gasteiger partial charge is 0.266 e. The van der Waals surface area contributed by atoms with Crippen LogP contribution in [0.2, 0.25) is 0 Å². The lowest BCUT2D eigenvalue weighted by Crippen LogP contribution is -2.35. The normalized spacial score (nSPS) is 16.9. The zero-order chi connectivity index (χ0) is 23.9. The van der Waals surface area contributed by atoms with E-state index >= 15 is 0 Å². The highest BCUT2D eigenvalue weighted by Gasteiger charge is 2.29. The van der Waals surface area contributed by atoms with Gasteiger partial charge < -0.3 is 4.90 Å². The third-order valence-electron chi connectivity index (χ3n) is 6.19. The van der Waals surface area contributed by atoms with Crippen molar-refractivity contribution < 1.29 is 12.8 Å². The summed E-state index contributed by atoms with van der Waals surface area (Å²) < 4.78 is 44.5. The van der Waals surface area contributed by atoms with Gasteiger partial charge in [-0.3, -0.25) is 9.62 Å². The van der Waals surface area contributed by atoms with Crippen molar-refractivity contribution in [1.82, 2.24) is 19.5 Å². The van der Waals surface area contributed by atoms with Gasteiger partial charge in [0.05, 0.1) is 16.7 Å². The second-order valence-electron chi connectivity index (χ2n) is 8.54. The van der Waals surface area contributed by atoms with Gasteiger partial charge in [-0.05, 0) is 49.2 Å². The van der Waals surface area contributed by atoms with E-state index in [4.69, 9.17) is 0 Å². The van der Waals surface area contributed by atoms with Crippen LogP contribution in [0.4, 0.5) is 15.9 Å². The molecule has 8 nitrogen and oxygen atoms in total. The van der Waals surface area contributed by atoms with Crippen molar-refractivity contribution in [1.29, 1.82) is 0 Å². The van der Waals surface area contributed by atoms with Gasteiger partial charge in [0.25, 0.3) is 10.0 Å². The first kappa shape index (κ1) is 22.8. The minimum atomic E-state index is -4.07. The zero-order valence-electron chi connectivity index (χ0n) is 18.8. The Bertz CT molecular complexity index is 1390. The molecule has 11 heteroatoms. The van der Waals surface area contributed by atoms with Crippen LogP contribution in [0.1, 0.15) is 17.7 Å². The molecule has 1 atom stereocenters. The van der Waals surface area contributed by atoms with Crippen LogP contribution in [-0.4, -0.2) is 54.1 Å². The molecule has 178 valence electrons. The van der Waals surface area contributed by atoms with E-state index in [1.807, 2.05) is 40.9 Å². The molecule has 0 aliphatic carbocycles. The van der Waals surface area contributed by atoms with E-state index in [0.717, 1.165) is 37.3 Å². The van der Waals surface area contributed by atoms with Crippen LogP contribution < -0.4 is 9.62 Å². The predicted octanol–water partition coefficient (Wildman–Crippen LogP) is 3.75. The van der Waals surface area contributed by atoms with Crippen molar-refractivity contribution in [3.05, 3.63) is 70.6 Å². The zero-order valence-corrected chi connectivity index (χ0v) is 20.5. The molecular formula is C23H25FN6O2S2. The molecule has 0 amide bonds. The van der Waals surface area contributed by atoms with Crippen molar-refractivity contribution in [2.24, 2.45) is 0 Å². The number of sulfonamides is 1. The van der Waals surface area contributed by atoms with Crippen LogP contribution in [0.5, 0.6) is 0 Å². The number of nitrogens with one attached hydrogen (secondary N) is 1. The third-order valence-corrected chi connectivity index (χ3v) is 8.15. The number of nitrogens with zero attached hydrogens (tertiary/aromatic N) is 5. The molecule has 1 aliphatic rings. The number of likely N-dealkylation sites (tertiary alicyclic amines) is 1. The number of aryl methyl sites for hydroxylation is 1. The Balaban J connectivity index is 1.29. The van der Waals surface area contributed by atoms with E-state index in [1.165, 1.54) is 29.0 Å². The van der Waals surface area contributed by atoms with Crippen LogP contribution in [-0.2, 0) is 16.6 Å². The van der Waals surface area contributed by atoms with E-state index in [0.29, 0.717) is 11.3 Å². The molecule has 0 saturated carbocycles. The number of hydrogen-bond acceptors (Lipinski definition) is 7. The lowest BCUT2D eigenvalue weighted by molar-refractivity contribution is 0.321. The number of benzene rings is 1. The Labute approximate surface area is 201 Å². The Morgan fingerprint density at radius 3 is 2.91 bits per heavy atom. The minimum absolute atomic E-state index is 0.180. The number of pyridine rings is 1. The van der Waals surface area contributed by atoms with E-state index in [2.05, 4.69) is 25.8 Å². The first-order valence-corrected chi connectivity index (χ1v) is 13.3. The van der Waals surface area contributed by atoms with Gasteiger partial charge in [0.15, 0.2) is 5.82 Å². The molecule has 4 aromatic rings. The topological polar surface area (TPSA) is 82.8 Å². The number of anilines is 2. The summed E-state index contributed by atoms with van der Waals surface area (Å²) in [5.74, 6) is -0.602. The van der Waals surface area contributed by atoms with Crippen molar-refractivity contribution in [3.8, 4) is 0 Å². The molecule has 0 unspecified atom stereocenters. The van der Waals surface area contributed by atoms with Gasteiger partial charge >= 0.3 is 0 Å². The molecule has 1 aromatic carbocycles. The average Bonchev–Trinajstić information content (AvgIpc) is 3.55. The van der Waals surface area contributed by atoms with Crippen LogP contribution in [0.25, 0.3) is 5.52 Å². The molecule has 0 bridgehead atoms. The Morgan fingerprint density at radius 2 is 2.15 bits per heavy atom. The minimum Gasteiger partial charge on any atom is -0.370 e. The number of hydrogen-bond donors (Lipinski definition) is 1. The van der Waals surface area contributed by atoms with E-state index in [-0.39, 0.29) is 16.8 Å². The van der Waals surface area contributed by atoms with Crippen molar-refractivity contribution >= 4 is 38.4 Å². The highest BCUT2D eigenvalue weighted by molar-refractivity contribution is 7.92. The first-order chi connectivity index (χ1) is 16.3. The molecule has 5 rings (SSSR count). The van der Waals surface area contributed by atoms with Gasteiger partial charge in [-0.25, -0.2) is 22.3 Å². The summed E-state index contributed by atoms with van der Waals surface area (Å²) in [5, 5.41) is 6.19. The molecule has 1 fully saturated rings. The van der Waals surface area contributed by atoms with Crippen LogP contribution in [0, 0.1) is 12.7 Å². The van der Waals surface area contributed by atoms with Crippen molar-refractivity contribution in [2.75, 3.05) is 29.8 Å². The largest absolute Gasteiger partial charge is 0.370 e. The summed E-state index contributed by atoms with van der Waals surface area (Å²) >= 11 is 1.26. The standard InChI is InChI=1S/C23H25FN6O2S2/c1-16-9-22(34(31,32)27-23-14-33-15-25-23)20(24)11-21(16)28(2)19-6-8-29(13-19)12-17-10-18-5-3-4-7-30(18)26-17/h3-5,7,9-11,14-15,19,27H,6,8,12-13H2,1-2H3/t19-/m0/s1. The number of halogens is 1. The van der Waals surface area contributed by atoms with Gasteiger partial charge in [0.1, 0.15) is 10.7 Å². The molecule has 34 heavy (non-hydrogen) atoms. The van der Waals surface area contributed by atoms with Gasteiger partial charge in [-0.15, -0.1) is 11.3 Å². The fourth-order valence-corrected chi connectivity index (χ4v) is 6.16. The van der Waals surface area contributed by atoms with Crippen molar-refractivity contribution in [3.63, 3.8) is 0 Å². The highest BCUT2D eigenvalue weighted by atomic mass is 32.2. The average molecular weight is 501 g/mol. The monoisotopic (exact) mass is 500 g/mol. The van der Waals surface area contributed by atoms with Crippen molar-refractivity contribution in [2.45, 2.75) is 30.8 Å². The van der Waals surface area contributed by atoms with Gasteiger partial charge in [0.2, 0.25) is 0 Å². The molecule has 4 heterocycles. The fraction of sp³-hybridized carbons (Fsp3) is 0.304. The molecule has 0 radical (unpaired) electrons. The maximum atomic E-state index is 15.0. The van der Waals surface area contributed by atoms with Gasteiger partial charge in [0, 0.05) is 50.0 Å². The molecule has 1 N–H and O–H groups in total. The van der Waals surface area contributed by atoms with Gasteiger partial charge in [-0.2, -0.15) is 5.10 Å². The lowest BCUT2D eigenvalue weighted by Gasteiger charge is -2.29. The highest BCUT2D eigenvalue weighted by Crippen LogP contribution is 2.30. The summed E-state index contributed by atoms with van der Waals surface area (Å²) in [5.41, 5.74) is 4.97. The second kappa shape index (κ2) is 8.97. The molecule has 1 aliphatic heterocycles. The SMILES string of the molecule is Cc1cc(S(=O)(=O)Nc2cscn2)c(F)cc1N(C)[C@H]1CCN(Cc2cc3ccccn3n2)C1. The quantitative estimate of drug-likeness (QED) is 0.416. The van der Waals surface area contributed by atoms with Gasteiger partial charge in [-0.1, -0.05) is 6.07 Å². The summed E-state index contributed by atoms with van der Waals surface area (Å²) in [6.45, 7) is 4.28. The number of likely N-dealkylation sites (N-methyl/N-ethyl adjacent to an activating group) is 1. The molecule has 3 aromatic heterocycles. The second-order valence-corrected chi connectivity index (χ2v) is 10.9. The summed E-state index contributed by atoms with van der Waals surface area (Å²) in [7, 11) is -2.14. The Morgan fingerprint density at radius 1 is 1.29 bits per heavy atom. The Hall–Kier alpha value is -3.02. The molecular weight excluding hydrogens is 475 g/mol. The first-order valence-electron chi connectivity index (χ1n) is 10.9. The number of aromatic nitrogens is 3. The molecule has 0 spiro atoms. The summed E-state index contributed by atoms with van der Waals surface area (Å²) in [4.78, 5) is 7.92.